The normalized spacial score (nSPS) is 16.6. The minimum Gasteiger partial charge on any atom is -0.354 e. The van der Waals surface area contributed by atoms with Crippen molar-refractivity contribution >= 4 is 5.82 Å². The Hall–Kier alpha value is -2.08. The van der Waals surface area contributed by atoms with Gasteiger partial charge in [-0.15, -0.1) is 0 Å². The average Bonchev–Trinajstić information content (AvgIpc) is 2.55. The maximum atomic E-state index is 12.8. The van der Waals surface area contributed by atoms with Gasteiger partial charge in [0.25, 0.3) is 0 Å². The van der Waals surface area contributed by atoms with Crippen LogP contribution in [0.3, 0.4) is 0 Å². The van der Waals surface area contributed by atoms with Crippen molar-refractivity contribution in [1.29, 1.82) is 0 Å². The molecule has 1 aliphatic rings. The first-order valence-electron chi connectivity index (χ1n) is 7.51. The molecule has 23 heavy (non-hydrogen) atoms. The molecule has 3 rings (SSSR count). The molecule has 0 N–H and O–H groups in total. The van der Waals surface area contributed by atoms with Gasteiger partial charge in [0.2, 0.25) is 0 Å². The van der Waals surface area contributed by atoms with E-state index >= 15 is 0 Å². The number of nitrogens with zero attached hydrogens (tertiary/aromatic N) is 3. The number of hydrogen-bond donors (Lipinski definition) is 0. The number of halogens is 3. The minimum atomic E-state index is -4.33. The van der Waals surface area contributed by atoms with Gasteiger partial charge >= 0.3 is 6.18 Å². The van der Waals surface area contributed by atoms with Gasteiger partial charge in [-0.1, -0.05) is 12.1 Å². The van der Waals surface area contributed by atoms with Crippen LogP contribution in [0.1, 0.15) is 5.56 Å². The van der Waals surface area contributed by atoms with E-state index in [9.17, 15) is 13.2 Å². The fraction of sp³-hybridized carbons (Fsp3) is 0.353. The molecule has 1 saturated heterocycles. The van der Waals surface area contributed by atoms with Gasteiger partial charge in [0, 0.05) is 37.9 Å². The van der Waals surface area contributed by atoms with E-state index in [0.717, 1.165) is 44.1 Å². The van der Waals surface area contributed by atoms with Crippen LogP contribution in [0, 0.1) is 0 Å². The summed E-state index contributed by atoms with van der Waals surface area (Å²) in [6, 6.07) is 9.04. The van der Waals surface area contributed by atoms with Crippen molar-refractivity contribution in [2.24, 2.45) is 0 Å². The topological polar surface area (TPSA) is 19.4 Å². The molecule has 0 amide bonds. The summed E-state index contributed by atoms with van der Waals surface area (Å²) < 4.78 is 38.4. The molecule has 0 radical (unpaired) electrons. The minimum absolute atomic E-state index is 0.525. The Bertz CT molecular complexity index is 660. The molecular formula is C17H18F3N3. The molecule has 0 spiro atoms. The van der Waals surface area contributed by atoms with E-state index in [2.05, 4.69) is 21.8 Å². The second-order valence-corrected chi connectivity index (χ2v) is 5.77. The lowest BCUT2D eigenvalue weighted by atomic mass is 10.0. The van der Waals surface area contributed by atoms with E-state index in [1.54, 1.807) is 12.3 Å². The number of benzene rings is 1. The van der Waals surface area contributed by atoms with Crippen LogP contribution in [0.4, 0.5) is 19.0 Å². The number of piperazine rings is 1. The van der Waals surface area contributed by atoms with Gasteiger partial charge in [-0.05, 0) is 36.9 Å². The highest BCUT2D eigenvalue weighted by molar-refractivity contribution is 5.64. The second kappa shape index (κ2) is 6.20. The largest absolute Gasteiger partial charge is 0.416 e. The molecule has 2 aromatic rings. The van der Waals surface area contributed by atoms with Crippen LogP contribution in [0.2, 0.25) is 0 Å². The first-order valence-corrected chi connectivity index (χ1v) is 7.51. The lowest BCUT2D eigenvalue weighted by Crippen LogP contribution is -2.44. The van der Waals surface area contributed by atoms with Gasteiger partial charge in [0.15, 0.2) is 0 Å². The Labute approximate surface area is 133 Å². The predicted molar refractivity (Wildman–Crippen MR) is 84.4 cm³/mol. The summed E-state index contributed by atoms with van der Waals surface area (Å²) in [5.41, 5.74) is 0.573. The zero-order valence-electron chi connectivity index (χ0n) is 12.8. The maximum absolute atomic E-state index is 12.8. The number of likely N-dealkylation sites (N-methyl/N-ethyl adjacent to an activating group) is 1. The molecule has 0 aliphatic carbocycles. The van der Waals surface area contributed by atoms with Crippen molar-refractivity contribution < 1.29 is 13.2 Å². The molecule has 1 aromatic heterocycles. The predicted octanol–water partition coefficient (Wildman–Crippen LogP) is 3.52. The molecule has 0 saturated carbocycles. The molecule has 3 nitrogen and oxygen atoms in total. The van der Waals surface area contributed by atoms with Crippen molar-refractivity contribution in [2.45, 2.75) is 6.18 Å². The highest BCUT2D eigenvalue weighted by Gasteiger charge is 2.30. The van der Waals surface area contributed by atoms with Gasteiger partial charge in [0.05, 0.1) is 5.56 Å². The molecule has 1 fully saturated rings. The van der Waals surface area contributed by atoms with Crippen LogP contribution in [0.25, 0.3) is 11.1 Å². The van der Waals surface area contributed by atoms with E-state index in [1.165, 1.54) is 6.07 Å². The van der Waals surface area contributed by atoms with Crippen LogP contribution < -0.4 is 4.90 Å². The highest BCUT2D eigenvalue weighted by atomic mass is 19.4. The molecule has 2 heterocycles. The van der Waals surface area contributed by atoms with Crippen molar-refractivity contribution in [3.8, 4) is 11.1 Å². The first-order chi connectivity index (χ1) is 10.9. The summed E-state index contributed by atoms with van der Waals surface area (Å²) in [6.45, 7) is 3.78. The molecular weight excluding hydrogens is 303 g/mol. The number of pyridine rings is 1. The van der Waals surface area contributed by atoms with Gasteiger partial charge < -0.3 is 9.80 Å². The molecule has 0 bridgehead atoms. The highest BCUT2D eigenvalue weighted by Crippen LogP contribution is 2.32. The quantitative estimate of drug-likeness (QED) is 0.844. The Balaban J connectivity index is 1.80. The van der Waals surface area contributed by atoms with E-state index in [-0.39, 0.29) is 0 Å². The molecule has 1 aliphatic heterocycles. The van der Waals surface area contributed by atoms with Crippen LogP contribution in [-0.4, -0.2) is 43.1 Å². The Kier molecular flexibility index (Phi) is 4.26. The van der Waals surface area contributed by atoms with Crippen molar-refractivity contribution in [2.75, 3.05) is 38.1 Å². The van der Waals surface area contributed by atoms with Crippen molar-refractivity contribution in [3.63, 3.8) is 0 Å². The first kappa shape index (κ1) is 15.8. The molecule has 6 heteroatoms. The standard InChI is InChI=1S/C17H18F3N3/c1-22-7-9-23(10-8-22)16-6-5-14(12-21-16)13-3-2-4-15(11-13)17(18,19)20/h2-6,11-12H,7-10H2,1H3. The number of rotatable bonds is 2. The smallest absolute Gasteiger partial charge is 0.354 e. The van der Waals surface area contributed by atoms with E-state index in [4.69, 9.17) is 0 Å². The third-order valence-electron chi connectivity index (χ3n) is 4.10. The third kappa shape index (κ3) is 3.64. The van der Waals surface area contributed by atoms with Crippen molar-refractivity contribution in [1.82, 2.24) is 9.88 Å². The van der Waals surface area contributed by atoms with Crippen LogP contribution in [-0.2, 0) is 6.18 Å². The lowest BCUT2D eigenvalue weighted by molar-refractivity contribution is -0.137. The van der Waals surface area contributed by atoms with E-state index in [1.807, 2.05) is 12.1 Å². The zero-order chi connectivity index (χ0) is 16.4. The SMILES string of the molecule is CN1CCN(c2ccc(-c3cccc(C(F)(F)F)c3)cn2)CC1. The average molecular weight is 321 g/mol. The monoisotopic (exact) mass is 321 g/mol. The number of anilines is 1. The third-order valence-corrected chi connectivity index (χ3v) is 4.10. The Morgan fingerprint density at radius 3 is 2.30 bits per heavy atom. The molecule has 122 valence electrons. The van der Waals surface area contributed by atoms with Crippen molar-refractivity contribution in [3.05, 3.63) is 48.2 Å². The zero-order valence-corrected chi connectivity index (χ0v) is 12.8. The van der Waals surface area contributed by atoms with Gasteiger partial charge in [0.1, 0.15) is 5.82 Å². The molecule has 0 unspecified atom stereocenters. The summed E-state index contributed by atoms with van der Waals surface area (Å²) in [5.74, 6) is 0.869. The van der Waals surface area contributed by atoms with Gasteiger partial charge in [-0.2, -0.15) is 13.2 Å². The molecule has 0 atom stereocenters. The number of aromatic nitrogens is 1. The number of hydrogen-bond acceptors (Lipinski definition) is 3. The van der Waals surface area contributed by atoms with E-state index in [0.29, 0.717) is 11.1 Å². The Morgan fingerprint density at radius 2 is 1.70 bits per heavy atom. The summed E-state index contributed by atoms with van der Waals surface area (Å²) >= 11 is 0. The summed E-state index contributed by atoms with van der Waals surface area (Å²) in [4.78, 5) is 8.87. The second-order valence-electron chi connectivity index (χ2n) is 5.77. The van der Waals surface area contributed by atoms with Gasteiger partial charge in [-0.3, -0.25) is 0 Å². The van der Waals surface area contributed by atoms with Crippen LogP contribution in [0.5, 0.6) is 0 Å². The summed E-state index contributed by atoms with van der Waals surface area (Å²) in [5, 5.41) is 0. The molecule has 1 aromatic carbocycles. The van der Waals surface area contributed by atoms with Crippen LogP contribution >= 0.6 is 0 Å². The van der Waals surface area contributed by atoms with Gasteiger partial charge in [-0.25, -0.2) is 4.98 Å². The van der Waals surface area contributed by atoms with E-state index < -0.39 is 11.7 Å². The number of alkyl halides is 3. The van der Waals surface area contributed by atoms with Crippen LogP contribution in [0.15, 0.2) is 42.6 Å². The fourth-order valence-electron chi connectivity index (χ4n) is 2.65. The lowest BCUT2D eigenvalue weighted by Gasteiger charge is -2.33. The summed E-state index contributed by atoms with van der Waals surface area (Å²) in [6.07, 6.45) is -2.69. The Morgan fingerprint density at radius 1 is 0.957 bits per heavy atom. The fourth-order valence-corrected chi connectivity index (χ4v) is 2.65. The maximum Gasteiger partial charge on any atom is 0.416 e. The summed E-state index contributed by atoms with van der Waals surface area (Å²) in [7, 11) is 2.08.